The molecule has 0 saturated heterocycles. The molecule has 1 N–H and O–H groups in total. The number of nitrogens with zero attached hydrogens (tertiary/aromatic N) is 3. The highest BCUT2D eigenvalue weighted by Crippen LogP contribution is 2.33. The van der Waals surface area contributed by atoms with Crippen LogP contribution in [0.25, 0.3) is 0 Å². The molecular formula is C17H24N4O2S. The average Bonchev–Trinajstić information content (AvgIpc) is 3.25. The molecule has 0 radical (unpaired) electrons. The number of nitrogens with one attached hydrogen (secondary N) is 1. The molecule has 0 spiro atoms. The maximum Gasteiger partial charge on any atom is 0.227 e. The third kappa shape index (κ3) is 4.20. The van der Waals surface area contributed by atoms with E-state index in [0.717, 1.165) is 5.01 Å². The van der Waals surface area contributed by atoms with Gasteiger partial charge in [-0.3, -0.25) is 4.79 Å². The number of carbonyl (C=O) groups is 1. The van der Waals surface area contributed by atoms with Crippen LogP contribution in [0.5, 0.6) is 0 Å². The van der Waals surface area contributed by atoms with Crippen LogP contribution in [-0.4, -0.2) is 21.0 Å². The molecule has 1 fully saturated rings. The van der Waals surface area contributed by atoms with Gasteiger partial charge in [-0.25, -0.2) is 4.98 Å². The minimum absolute atomic E-state index is 0.0527. The lowest BCUT2D eigenvalue weighted by atomic mass is 9.87. The van der Waals surface area contributed by atoms with Crippen LogP contribution in [0, 0.1) is 5.92 Å². The smallest absolute Gasteiger partial charge is 0.227 e. The molecule has 1 aliphatic rings. The van der Waals surface area contributed by atoms with Crippen LogP contribution in [-0.2, 0) is 11.2 Å². The Balaban J connectivity index is 1.59. The van der Waals surface area contributed by atoms with Gasteiger partial charge in [0.05, 0.1) is 18.2 Å². The lowest BCUT2D eigenvalue weighted by Gasteiger charge is -2.19. The summed E-state index contributed by atoms with van der Waals surface area (Å²) in [7, 11) is 0. The summed E-state index contributed by atoms with van der Waals surface area (Å²) in [4.78, 5) is 21.1. The summed E-state index contributed by atoms with van der Waals surface area (Å²) in [5.41, 5.74) is 1.17. The van der Waals surface area contributed by atoms with Gasteiger partial charge in [-0.15, -0.1) is 11.3 Å². The van der Waals surface area contributed by atoms with Gasteiger partial charge < -0.3 is 9.84 Å². The van der Waals surface area contributed by atoms with Gasteiger partial charge in [-0.05, 0) is 18.8 Å². The number of hydrogen-bond acceptors (Lipinski definition) is 6. The van der Waals surface area contributed by atoms with Gasteiger partial charge in [0.1, 0.15) is 5.01 Å². The fraction of sp³-hybridized carbons (Fsp3) is 0.647. The molecule has 1 saturated carbocycles. The van der Waals surface area contributed by atoms with Crippen molar-refractivity contribution >= 4 is 17.2 Å². The lowest BCUT2D eigenvalue weighted by molar-refractivity contribution is -0.121. The van der Waals surface area contributed by atoms with Crippen molar-refractivity contribution in [3.63, 3.8) is 0 Å². The van der Waals surface area contributed by atoms with Crippen LogP contribution in [0.2, 0.25) is 0 Å². The molecule has 1 aliphatic carbocycles. The fourth-order valence-corrected chi connectivity index (χ4v) is 4.07. The van der Waals surface area contributed by atoms with Gasteiger partial charge in [-0.1, -0.05) is 38.3 Å². The average molecular weight is 348 g/mol. The van der Waals surface area contributed by atoms with Crippen LogP contribution < -0.4 is 5.32 Å². The molecular weight excluding hydrogens is 324 g/mol. The van der Waals surface area contributed by atoms with Crippen LogP contribution in [0.4, 0.5) is 0 Å². The Morgan fingerprint density at radius 1 is 1.38 bits per heavy atom. The summed E-state index contributed by atoms with van der Waals surface area (Å²) >= 11 is 1.58. The molecule has 1 unspecified atom stereocenters. The largest absolute Gasteiger partial charge is 0.345 e. The maximum atomic E-state index is 12.4. The Morgan fingerprint density at radius 3 is 2.83 bits per heavy atom. The Hall–Kier alpha value is -1.76. The molecule has 2 heterocycles. The number of aromatic nitrogens is 3. The Bertz CT molecular complexity index is 647. The first-order valence-electron chi connectivity index (χ1n) is 8.63. The first-order valence-corrected chi connectivity index (χ1v) is 9.51. The van der Waals surface area contributed by atoms with Crippen LogP contribution in [0.15, 0.2) is 16.3 Å². The van der Waals surface area contributed by atoms with Gasteiger partial charge >= 0.3 is 0 Å². The third-order valence-corrected chi connectivity index (χ3v) is 5.41. The van der Waals surface area contributed by atoms with Crippen molar-refractivity contribution < 1.29 is 9.32 Å². The van der Waals surface area contributed by atoms with E-state index >= 15 is 0 Å². The zero-order valence-corrected chi connectivity index (χ0v) is 15.0. The molecule has 2 aromatic heterocycles. The highest BCUT2D eigenvalue weighted by molar-refractivity contribution is 7.09. The molecule has 2 aromatic rings. The summed E-state index contributed by atoms with van der Waals surface area (Å²) in [5.74, 6) is 1.22. The maximum absolute atomic E-state index is 12.4. The number of rotatable bonds is 6. The summed E-state index contributed by atoms with van der Waals surface area (Å²) in [5, 5.41) is 9.85. The molecule has 130 valence electrons. The van der Waals surface area contributed by atoms with E-state index in [1.165, 1.54) is 44.2 Å². The lowest BCUT2D eigenvalue weighted by Crippen LogP contribution is -2.33. The molecule has 0 aromatic carbocycles. The summed E-state index contributed by atoms with van der Waals surface area (Å²) in [6.45, 7) is 4.04. The molecule has 1 atom stereocenters. The summed E-state index contributed by atoms with van der Waals surface area (Å²) in [6, 6.07) is -0.242. The Kier molecular flexibility index (Phi) is 5.60. The molecule has 0 aliphatic heterocycles. The van der Waals surface area contributed by atoms with E-state index in [4.69, 9.17) is 9.51 Å². The zero-order valence-electron chi connectivity index (χ0n) is 14.2. The van der Waals surface area contributed by atoms with Crippen LogP contribution in [0.3, 0.4) is 0 Å². The first-order chi connectivity index (χ1) is 11.6. The van der Waals surface area contributed by atoms with E-state index in [1.807, 2.05) is 13.8 Å². The Labute approximate surface area is 146 Å². The monoisotopic (exact) mass is 348 g/mol. The third-order valence-electron chi connectivity index (χ3n) is 4.54. The van der Waals surface area contributed by atoms with E-state index < -0.39 is 0 Å². The molecule has 1 amide bonds. The van der Waals surface area contributed by atoms with Gasteiger partial charge in [0.15, 0.2) is 5.82 Å². The normalized spacial score (nSPS) is 17.1. The second kappa shape index (κ2) is 7.88. The summed E-state index contributed by atoms with van der Waals surface area (Å²) in [6.07, 6.45) is 7.96. The van der Waals surface area contributed by atoms with Crippen molar-refractivity contribution in [1.29, 1.82) is 0 Å². The van der Waals surface area contributed by atoms with Crippen LogP contribution >= 0.6 is 11.3 Å². The molecule has 3 rings (SSSR count). The number of hydrogen-bond donors (Lipinski definition) is 1. The quantitative estimate of drug-likeness (QED) is 0.862. The van der Waals surface area contributed by atoms with Gasteiger partial charge in [0.25, 0.3) is 0 Å². The van der Waals surface area contributed by atoms with Crippen LogP contribution in [0.1, 0.15) is 74.4 Å². The molecule has 24 heavy (non-hydrogen) atoms. The van der Waals surface area contributed by atoms with E-state index in [0.29, 0.717) is 18.2 Å². The molecule has 6 nitrogen and oxygen atoms in total. The van der Waals surface area contributed by atoms with Crippen molar-refractivity contribution in [2.24, 2.45) is 5.92 Å². The topological polar surface area (TPSA) is 80.9 Å². The minimum Gasteiger partial charge on any atom is -0.345 e. The highest BCUT2D eigenvalue weighted by Gasteiger charge is 2.23. The van der Waals surface area contributed by atoms with Gasteiger partial charge in [-0.2, -0.15) is 4.98 Å². The SMILES string of the molecule is CC(C)C(NC(=O)Cc1nc(C2CCCCC2)cs1)c1ncon1. The molecule has 0 bridgehead atoms. The predicted octanol–water partition coefficient (Wildman–Crippen LogP) is 3.63. The van der Waals surface area contributed by atoms with Crippen molar-refractivity contribution in [2.45, 2.75) is 64.3 Å². The molecule has 7 heteroatoms. The number of carbonyl (C=O) groups excluding carboxylic acids is 1. The summed E-state index contributed by atoms with van der Waals surface area (Å²) < 4.78 is 4.79. The van der Waals surface area contributed by atoms with Gasteiger partial charge in [0.2, 0.25) is 12.3 Å². The number of amides is 1. The van der Waals surface area contributed by atoms with Gasteiger partial charge in [0, 0.05) is 11.3 Å². The van der Waals surface area contributed by atoms with E-state index in [1.54, 1.807) is 11.3 Å². The van der Waals surface area contributed by atoms with Crippen molar-refractivity contribution in [3.05, 3.63) is 28.3 Å². The zero-order chi connectivity index (χ0) is 16.9. The first kappa shape index (κ1) is 17.1. The minimum atomic E-state index is -0.242. The van der Waals surface area contributed by atoms with E-state index in [9.17, 15) is 4.79 Å². The predicted molar refractivity (Wildman–Crippen MR) is 91.7 cm³/mol. The van der Waals surface area contributed by atoms with E-state index in [2.05, 4.69) is 20.8 Å². The number of thiazole rings is 1. The van der Waals surface area contributed by atoms with Crippen molar-refractivity contribution in [3.8, 4) is 0 Å². The Morgan fingerprint density at radius 2 is 2.17 bits per heavy atom. The highest BCUT2D eigenvalue weighted by atomic mass is 32.1. The van der Waals surface area contributed by atoms with E-state index in [-0.39, 0.29) is 17.9 Å². The second-order valence-corrected chi connectivity index (χ2v) is 7.70. The fourth-order valence-electron chi connectivity index (χ4n) is 3.20. The standard InChI is InChI=1S/C17H24N4O2S/c1-11(2)16(17-18-10-23-21-17)20-14(22)8-15-19-13(9-24-15)12-6-4-3-5-7-12/h9-12,16H,3-8H2,1-2H3,(H,20,22). The van der Waals surface area contributed by atoms with Crippen molar-refractivity contribution in [2.75, 3.05) is 0 Å². The second-order valence-electron chi connectivity index (χ2n) is 6.76. The van der Waals surface area contributed by atoms with Crippen molar-refractivity contribution in [1.82, 2.24) is 20.4 Å².